The highest BCUT2D eigenvalue weighted by atomic mass is 15.3. The van der Waals surface area contributed by atoms with Crippen LogP contribution in [0.3, 0.4) is 0 Å². The maximum atomic E-state index is 5.60. The predicted molar refractivity (Wildman–Crippen MR) is 74.1 cm³/mol. The van der Waals surface area contributed by atoms with Crippen LogP contribution in [-0.2, 0) is 13.5 Å². The van der Waals surface area contributed by atoms with Gasteiger partial charge in [-0.2, -0.15) is 0 Å². The summed E-state index contributed by atoms with van der Waals surface area (Å²) in [6.07, 6.45) is 0.819. The first-order valence-electron chi connectivity index (χ1n) is 6.13. The first-order chi connectivity index (χ1) is 8.61. The van der Waals surface area contributed by atoms with Crippen LogP contribution in [0.4, 0.5) is 0 Å². The molecule has 0 radical (unpaired) electrons. The van der Waals surface area contributed by atoms with Gasteiger partial charge in [-0.15, -0.1) is 0 Å². The molecule has 18 heavy (non-hydrogen) atoms. The number of fused-ring (bicyclic) bond motifs is 1. The second kappa shape index (κ2) is 5.48. The van der Waals surface area contributed by atoms with E-state index in [4.69, 9.17) is 5.84 Å². The monoisotopic (exact) mass is 247 g/mol. The number of nitrogens with one attached hydrogen (secondary N) is 1. The lowest BCUT2D eigenvalue weighted by Gasteiger charge is -2.19. The lowest BCUT2D eigenvalue weighted by molar-refractivity contribution is 0.334. The Labute approximate surface area is 108 Å². The van der Waals surface area contributed by atoms with Crippen LogP contribution in [0.25, 0.3) is 11.0 Å². The fourth-order valence-corrected chi connectivity index (χ4v) is 2.22. The Balaban J connectivity index is 2.22. The fourth-order valence-electron chi connectivity index (χ4n) is 2.22. The van der Waals surface area contributed by atoms with E-state index in [1.165, 1.54) is 0 Å². The summed E-state index contributed by atoms with van der Waals surface area (Å²) in [5.41, 5.74) is 5.06. The molecule has 0 spiro atoms. The van der Waals surface area contributed by atoms with E-state index in [1.54, 1.807) is 0 Å². The molecule has 0 saturated heterocycles. The van der Waals surface area contributed by atoms with Crippen molar-refractivity contribution >= 4 is 11.0 Å². The van der Waals surface area contributed by atoms with Gasteiger partial charge >= 0.3 is 0 Å². The zero-order chi connectivity index (χ0) is 13.1. The Morgan fingerprint density at radius 3 is 2.72 bits per heavy atom. The van der Waals surface area contributed by atoms with Crippen molar-refractivity contribution in [2.45, 2.75) is 12.5 Å². The molecule has 3 N–H and O–H groups in total. The third kappa shape index (κ3) is 2.69. The molecule has 5 heteroatoms. The number of nitrogens with two attached hydrogens (primary N) is 1. The van der Waals surface area contributed by atoms with E-state index in [2.05, 4.69) is 25.9 Å². The Morgan fingerprint density at radius 2 is 2.11 bits per heavy atom. The van der Waals surface area contributed by atoms with E-state index in [1.807, 2.05) is 39.3 Å². The van der Waals surface area contributed by atoms with E-state index in [0.717, 1.165) is 29.8 Å². The number of likely N-dealkylation sites (N-methyl/N-ethyl adjacent to an activating group) is 1. The molecular weight excluding hydrogens is 226 g/mol. The molecule has 0 aliphatic carbocycles. The molecule has 2 aromatic rings. The number of hydrogen-bond acceptors (Lipinski definition) is 4. The topological polar surface area (TPSA) is 59.1 Å². The molecule has 0 aliphatic rings. The Kier molecular flexibility index (Phi) is 3.96. The minimum atomic E-state index is 0.204. The van der Waals surface area contributed by atoms with Crippen molar-refractivity contribution < 1.29 is 0 Å². The number of aryl methyl sites for hydroxylation is 1. The fraction of sp³-hybridized carbons (Fsp3) is 0.462. The van der Waals surface area contributed by atoms with Crippen molar-refractivity contribution in [2.75, 3.05) is 20.6 Å². The van der Waals surface area contributed by atoms with Crippen LogP contribution >= 0.6 is 0 Å². The average Bonchev–Trinajstić information content (AvgIpc) is 2.66. The van der Waals surface area contributed by atoms with Gasteiger partial charge in [0.05, 0.1) is 11.0 Å². The van der Waals surface area contributed by atoms with Crippen LogP contribution in [0.2, 0.25) is 0 Å². The lowest BCUT2D eigenvalue weighted by atomic mass is 10.2. The highest BCUT2D eigenvalue weighted by molar-refractivity contribution is 5.75. The molecule has 98 valence electrons. The molecular formula is C13H21N5. The van der Waals surface area contributed by atoms with Crippen molar-refractivity contribution in [3.05, 3.63) is 30.1 Å². The van der Waals surface area contributed by atoms with Crippen molar-refractivity contribution in [1.82, 2.24) is 19.9 Å². The highest BCUT2D eigenvalue weighted by Crippen LogP contribution is 2.15. The smallest absolute Gasteiger partial charge is 0.111 e. The van der Waals surface area contributed by atoms with Crippen molar-refractivity contribution in [2.24, 2.45) is 12.9 Å². The van der Waals surface area contributed by atoms with Crippen LogP contribution in [0.5, 0.6) is 0 Å². The zero-order valence-electron chi connectivity index (χ0n) is 11.2. The van der Waals surface area contributed by atoms with Gasteiger partial charge < -0.3 is 9.47 Å². The minimum Gasteiger partial charge on any atom is -0.331 e. The van der Waals surface area contributed by atoms with Gasteiger partial charge in [0.15, 0.2) is 0 Å². The molecule has 1 aromatic heterocycles. The normalized spacial score (nSPS) is 13.4. The Bertz CT molecular complexity index is 517. The summed E-state index contributed by atoms with van der Waals surface area (Å²) in [6.45, 7) is 0.889. The van der Waals surface area contributed by atoms with Crippen LogP contribution in [-0.4, -0.2) is 41.1 Å². The molecule has 0 aliphatic heterocycles. The largest absolute Gasteiger partial charge is 0.331 e. The number of para-hydroxylation sites is 2. The average molecular weight is 247 g/mol. The third-order valence-corrected chi connectivity index (χ3v) is 3.13. The third-order valence-electron chi connectivity index (χ3n) is 3.13. The maximum absolute atomic E-state index is 5.60. The van der Waals surface area contributed by atoms with E-state index >= 15 is 0 Å². The van der Waals surface area contributed by atoms with Gasteiger partial charge in [-0.3, -0.25) is 11.3 Å². The number of hydrogen-bond donors (Lipinski definition) is 2. The SMILES string of the molecule is CN(C)CC(Cc1nc2ccccc2n1C)NN. The van der Waals surface area contributed by atoms with Crippen molar-refractivity contribution in [3.63, 3.8) is 0 Å². The van der Waals surface area contributed by atoms with E-state index in [0.29, 0.717) is 0 Å². The lowest BCUT2D eigenvalue weighted by Crippen LogP contribution is -2.44. The van der Waals surface area contributed by atoms with Crippen molar-refractivity contribution in [3.8, 4) is 0 Å². The number of rotatable bonds is 5. The first-order valence-corrected chi connectivity index (χ1v) is 6.13. The molecule has 1 unspecified atom stereocenters. The van der Waals surface area contributed by atoms with Gasteiger partial charge in [-0.25, -0.2) is 4.98 Å². The Hall–Kier alpha value is -1.43. The van der Waals surface area contributed by atoms with Crippen LogP contribution < -0.4 is 11.3 Å². The van der Waals surface area contributed by atoms with E-state index < -0.39 is 0 Å². The number of imidazole rings is 1. The maximum Gasteiger partial charge on any atom is 0.111 e. The van der Waals surface area contributed by atoms with Crippen molar-refractivity contribution in [1.29, 1.82) is 0 Å². The molecule has 0 saturated carbocycles. The summed E-state index contributed by atoms with van der Waals surface area (Å²) >= 11 is 0. The number of aromatic nitrogens is 2. The quantitative estimate of drug-likeness (QED) is 0.597. The van der Waals surface area contributed by atoms with Gasteiger partial charge in [0.2, 0.25) is 0 Å². The molecule has 1 heterocycles. The molecule has 0 fully saturated rings. The molecule has 2 rings (SSSR count). The van der Waals surface area contributed by atoms with Gasteiger partial charge in [0.1, 0.15) is 5.82 Å². The number of benzene rings is 1. The predicted octanol–water partition coefficient (Wildman–Crippen LogP) is 0.509. The minimum absolute atomic E-state index is 0.204. The standard InChI is InChI=1S/C13H21N5/c1-17(2)9-10(16-14)8-13-15-11-6-4-5-7-12(11)18(13)3/h4-7,10,16H,8-9,14H2,1-3H3. The first kappa shape index (κ1) is 13.0. The molecule has 5 nitrogen and oxygen atoms in total. The molecule has 1 aromatic carbocycles. The summed E-state index contributed by atoms with van der Waals surface area (Å²) in [4.78, 5) is 6.77. The summed E-state index contributed by atoms with van der Waals surface area (Å²) in [5.74, 6) is 6.66. The van der Waals surface area contributed by atoms with Crippen LogP contribution in [0.1, 0.15) is 5.82 Å². The number of nitrogens with zero attached hydrogens (tertiary/aromatic N) is 3. The summed E-state index contributed by atoms with van der Waals surface area (Å²) < 4.78 is 2.13. The second-order valence-electron chi connectivity index (χ2n) is 4.91. The Morgan fingerprint density at radius 1 is 1.39 bits per heavy atom. The van der Waals surface area contributed by atoms with Gasteiger partial charge in [0.25, 0.3) is 0 Å². The van der Waals surface area contributed by atoms with Gasteiger partial charge in [0, 0.05) is 26.1 Å². The second-order valence-corrected chi connectivity index (χ2v) is 4.91. The highest BCUT2D eigenvalue weighted by Gasteiger charge is 2.14. The zero-order valence-corrected chi connectivity index (χ0v) is 11.2. The number of hydrazine groups is 1. The van der Waals surface area contributed by atoms with Gasteiger partial charge in [-0.05, 0) is 26.2 Å². The van der Waals surface area contributed by atoms with Crippen LogP contribution in [0.15, 0.2) is 24.3 Å². The summed E-state index contributed by atoms with van der Waals surface area (Å²) in [5, 5.41) is 0. The molecule has 0 bridgehead atoms. The van der Waals surface area contributed by atoms with Crippen LogP contribution in [0, 0.1) is 0 Å². The summed E-state index contributed by atoms with van der Waals surface area (Å²) in [6, 6.07) is 8.37. The molecule has 1 atom stereocenters. The molecule has 0 amide bonds. The van der Waals surface area contributed by atoms with E-state index in [9.17, 15) is 0 Å². The van der Waals surface area contributed by atoms with Gasteiger partial charge in [-0.1, -0.05) is 12.1 Å². The summed E-state index contributed by atoms with van der Waals surface area (Å²) in [7, 11) is 6.13. The van der Waals surface area contributed by atoms with E-state index in [-0.39, 0.29) is 6.04 Å².